The van der Waals surface area contributed by atoms with Crippen LogP contribution in [0.4, 0.5) is 4.39 Å². The summed E-state index contributed by atoms with van der Waals surface area (Å²) >= 11 is 0. The number of aromatic nitrogens is 4. The molecule has 27 heavy (non-hydrogen) atoms. The highest BCUT2D eigenvalue weighted by Gasteiger charge is 2.14. The quantitative estimate of drug-likeness (QED) is 0.536. The summed E-state index contributed by atoms with van der Waals surface area (Å²) < 4.78 is 21.0. The zero-order valence-corrected chi connectivity index (χ0v) is 15.6. The minimum atomic E-state index is -0.445. The molecule has 0 N–H and O–H groups in total. The Morgan fingerprint density at radius 2 is 1.74 bits per heavy atom. The van der Waals surface area contributed by atoms with E-state index in [1.165, 1.54) is 24.3 Å². The van der Waals surface area contributed by atoms with Crippen LogP contribution < -0.4 is 4.74 Å². The van der Waals surface area contributed by atoms with Gasteiger partial charge in [-0.1, -0.05) is 0 Å². The number of benzene rings is 2. The molecule has 2 aromatic heterocycles. The van der Waals surface area contributed by atoms with Crippen molar-refractivity contribution >= 4 is 11.0 Å². The lowest BCUT2D eigenvalue weighted by atomic mass is 10.1. The molecule has 0 unspecified atom stereocenters. The Kier molecular flexibility index (Phi) is 4.11. The molecule has 0 radical (unpaired) electrons. The third kappa shape index (κ3) is 2.93. The van der Waals surface area contributed by atoms with Crippen LogP contribution in [-0.2, 0) is 0 Å². The summed E-state index contributed by atoms with van der Waals surface area (Å²) in [5.41, 5.74) is 4.89. The highest BCUT2D eigenvalue weighted by molar-refractivity contribution is 5.80. The summed E-state index contributed by atoms with van der Waals surface area (Å²) in [6, 6.07) is 10.7. The maximum Gasteiger partial charge on any atom is 0.165 e. The molecule has 6 heteroatoms. The Labute approximate surface area is 156 Å². The standard InChI is InChI=1S/C21H19FN4O/c1-12-9-17-18(10-13(12)2)26(14(3)24-17)20-7-8-23-21(25-20)15-5-6-19(27-4)16(22)11-15/h5-11H,1-4H3. The molecule has 0 saturated carbocycles. The second-order valence-electron chi connectivity index (χ2n) is 6.51. The van der Waals surface area contributed by atoms with Crippen molar-refractivity contribution < 1.29 is 9.13 Å². The Morgan fingerprint density at radius 3 is 2.48 bits per heavy atom. The molecular formula is C21H19FN4O. The van der Waals surface area contributed by atoms with Gasteiger partial charge in [-0.2, -0.15) is 0 Å². The van der Waals surface area contributed by atoms with Gasteiger partial charge >= 0.3 is 0 Å². The fourth-order valence-corrected chi connectivity index (χ4v) is 3.16. The van der Waals surface area contributed by atoms with E-state index >= 15 is 0 Å². The highest BCUT2D eigenvalue weighted by atomic mass is 19.1. The first-order chi connectivity index (χ1) is 13.0. The van der Waals surface area contributed by atoms with Crippen LogP contribution in [0.25, 0.3) is 28.2 Å². The number of hydrogen-bond acceptors (Lipinski definition) is 4. The van der Waals surface area contributed by atoms with Crippen LogP contribution in [0.3, 0.4) is 0 Å². The van der Waals surface area contributed by atoms with Gasteiger partial charge in [-0.05, 0) is 68.3 Å². The lowest BCUT2D eigenvalue weighted by Gasteiger charge is -2.09. The highest BCUT2D eigenvalue weighted by Crippen LogP contribution is 2.26. The topological polar surface area (TPSA) is 52.8 Å². The first kappa shape index (κ1) is 17.1. The van der Waals surface area contributed by atoms with E-state index in [0.29, 0.717) is 17.2 Å². The van der Waals surface area contributed by atoms with Crippen LogP contribution in [0, 0.1) is 26.6 Å². The lowest BCUT2D eigenvalue weighted by Crippen LogP contribution is -2.02. The minimum Gasteiger partial charge on any atom is -0.494 e. The molecule has 0 aliphatic carbocycles. The molecule has 0 aliphatic rings. The Bertz CT molecular complexity index is 1170. The lowest BCUT2D eigenvalue weighted by molar-refractivity contribution is 0.386. The summed E-state index contributed by atoms with van der Waals surface area (Å²) in [4.78, 5) is 13.6. The van der Waals surface area contributed by atoms with Crippen molar-refractivity contribution in [2.45, 2.75) is 20.8 Å². The van der Waals surface area contributed by atoms with E-state index in [1.807, 2.05) is 17.6 Å². The maximum absolute atomic E-state index is 14.1. The van der Waals surface area contributed by atoms with Crippen molar-refractivity contribution in [3.8, 4) is 23.0 Å². The van der Waals surface area contributed by atoms with Gasteiger partial charge in [0.15, 0.2) is 17.4 Å². The predicted octanol–water partition coefficient (Wildman–Crippen LogP) is 4.56. The van der Waals surface area contributed by atoms with E-state index in [4.69, 9.17) is 4.74 Å². The molecule has 4 aromatic rings. The molecule has 2 aromatic carbocycles. The molecule has 0 atom stereocenters. The Hall–Kier alpha value is -3.28. The van der Waals surface area contributed by atoms with Gasteiger partial charge in [0.2, 0.25) is 0 Å². The third-order valence-corrected chi connectivity index (χ3v) is 4.72. The molecule has 0 spiro atoms. The number of ether oxygens (including phenoxy) is 1. The van der Waals surface area contributed by atoms with Gasteiger partial charge in [-0.3, -0.25) is 4.57 Å². The van der Waals surface area contributed by atoms with Gasteiger partial charge in [0.25, 0.3) is 0 Å². The molecule has 2 heterocycles. The number of nitrogens with zero attached hydrogens (tertiary/aromatic N) is 4. The minimum absolute atomic E-state index is 0.192. The van der Waals surface area contributed by atoms with Crippen molar-refractivity contribution in [1.29, 1.82) is 0 Å². The zero-order chi connectivity index (χ0) is 19.1. The zero-order valence-electron chi connectivity index (χ0n) is 15.6. The normalized spacial score (nSPS) is 11.1. The van der Waals surface area contributed by atoms with Crippen LogP contribution in [-0.4, -0.2) is 26.6 Å². The fourth-order valence-electron chi connectivity index (χ4n) is 3.16. The monoisotopic (exact) mass is 362 g/mol. The van der Waals surface area contributed by atoms with E-state index in [-0.39, 0.29) is 5.75 Å². The van der Waals surface area contributed by atoms with E-state index < -0.39 is 5.82 Å². The van der Waals surface area contributed by atoms with Crippen LogP contribution in [0.2, 0.25) is 0 Å². The van der Waals surface area contributed by atoms with Gasteiger partial charge in [0.1, 0.15) is 11.6 Å². The number of methoxy groups -OCH3 is 1. The number of rotatable bonds is 3. The van der Waals surface area contributed by atoms with Crippen molar-refractivity contribution in [3.63, 3.8) is 0 Å². The predicted molar refractivity (Wildman–Crippen MR) is 103 cm³/mol. The summed E-state index contributed by atoms with van der Waals surface area (Å²) in [5.74, 6) is 1.72. The number of halogens is 1. The van der Waals surface area contributed by atoms with E-state index in [1.54, 1.807) is 18.3 Å². The summed E-state index contributed by atoms with van der Waals surface area (Å²) in [7, 11) is 1.44. The van der Waals surface area contributed by atoms with E-state index in [0.717, 1.165) is 16.9 Å². The summed E-state index contributed by atoms with van der Waals surface area (Å²) in [6.07, 6.45) is 1.67. The first-order valence-corrected chi connectivity index (χ1v) is 8.61. The van der Waals surface area contributed by atoms with Crippen molar-refractivity contribution in [3.05, 3.63) is 65.4 Å². The number of imidazole rings is 1. The van der Waals surface area contributed by atoms with E-state index in [9.17, 15) is 4.39 Å². The molecule has 0 saturated heterocycles. The summed E-state index contributed by atoms with van der Waals surface area (Å²) in [5, 5.41) is 0. The van der Waals surface area contributed by atoms with Crippen LogP contribution in [0.1, 0.15) is 17.0 Å². The second kappa shape index (κ2) is 6.46. The number of hydrogen-bond donors (Lipinski definition) is 0. The molecule has 136 valence electrons. The SMILES string of the molecule is COc1ccc(-c2nccc(-n3c(C)nc4cc(C)c(C)cc43)n2)cc1F. The molecule has 0 fully saturated rings. The smallest absolute Gasteiger partial charge is 0.165 e. The largest absolute Gasteiger partial charge is 0.494 e. The fraction of sp³-hybridized carbons (Fsp3) is 0.190. The van der Waals surface area contributed by atoms with Gasteiger partial charge in [0, 0.05) is 11.8 Å². The Morgan fingerprint density at radius 1 is 0.963 bits per heavy atom. The summed E-state index contributed by atoms with van der Waals surface area (Å²) in [6.45, 7) is 6.09. The molecule has 0 bridgehead atoms. The van der Waals surface area contributed by atoms with Crippen LogP contribution in [0.15, 0.2) is 42.6 Å². The van der Waals surface area contributed by atoms with Crippen molar-refractivity contribution in [2.75, 3.05) is 7.11 Å². The van der Waals surface area contributed by atoms with Crippen molar-refractivity contribution in [1.82, 2.24) is 19.5 Å². The molecule has 5 nitrogen and oxygen atoms in total. The van der Waals surface area contributed by atoms with Gasteiger partial charge in [0.05, 0.1) is 18.1 Å². The van der Waals surface area contributed by atoms with Crippen molar-refractivity contribution in [2.24, 2.45) is 0 Å². The number of aryl methyl sites for hydroxylation is 3. The number of fused-ring (bicyclic) bond motifs is 1. The molecule has 0 aliphatic heterocycles. The first-order valence-electron chi connectivity index (χ1n) is 8.61. The third-order valence-electron chi connectivity index (χ3n) is 4.72. The molecule has 4 rings (SSSR count). The van der Waals surface area contributed by atoms with Gasteiger partial charge in [-0.25, -0.2) is 19.3 Å². The Balaban J connectivity index is 1.86. The average Bonchev–Trinajstić information content (AvgIpc) is 2.97. The second-order valence-corrected chi connectivity index (χ2v) is 6.51. The van der Waals surface area contributed by atoms with Crippen LogP contribution >= 0.6 is 0 Å². The van der Waals surface area contributed by atoms with E-state index in [2.05, 4.69) is 40.9 Å². The average molecular weight is 362 g/mol. The van der Waals surface area contributed by atoms with Gasteiger partial charge in [-0.15, -0.1) is 0 Å². The molecular weight excluding hydrogens is 343 g/mol. The maximum atomic E-state index is 14.1. The van der Waals surface area contributed by atoms with Gasteiger partial charge < -0.3 is 4.74 Å². The molecule has 0 amide bonds. The van der Waals surface area contributed by atoms with Crippen LogP contribution in [0.5, 0.6) is 5.75 Å².